The molecule has 0 aliphatic carbocycles. The second-order valence-electron chi connectivity index (χ2n) is 6.77. The van der Waals surface area contributed by atoms with Gasteiger partial charge in [-0.1, -0.05) is 19.9 Å². The molecule has 23 heavy (non-hydrogen) atoms. The normalized spacial score (nSPS) is 12.5. The first-order valence-electron chi connectivity index (χ1n) is 7.46. The van der Waals surface area contributed by atoms with Gasteiger partial charge in [0, 0.05) is 18.7 Å². The van der Waals surface area contributed by atoms with Crippen LogP contribution in [-0.2, 0) is 10.0 Å². The van der Waals surface area contributed by atoms with Crippen molar-refractivity contribution in [3.63, 3.8) is 0 Å². The quantitative estimate of drug-likeness (QED) is 0.782. The van der Waals surface area contributed by atoms with Crippen LogP contribution in [0.15, 0.2) is 23.1 Å². The monoisotopic (exact) mass is 341 g/mol. The van der Waals surface area contributed by atoms with Gasteiger partial charge in [0.05, 0.1) is 4.90 Å². The lowest BCUT2D eigenvalue weighted by Crippen LogP contribution is -2.40. The summed E-state index contributed by atoms with van der Waals surface area (Å²) in [6, 6.07) is 4.55. The lowest BCUT2D eigenvalue weighted by molar-refractivity contribution is 0.0928. The number of hydrogen-bond donors (Lipinski definition) is 2. The molecule has 0 atom stereocenters. The number of amides is 1. The van der Waals surface area contributed by atoms with Crippen LogP contribution in [0.25, 0.3) is 0 Å². The van der Waals surface area contributed by atoms with Gasteiger partial charge in [0.1, 0.15) is 0 Å². The zero-order valence-corrected chi connectivity index (χ0v) is 15.5. The minimum atomic E-state index is -3.57. The summed E-state index contributed by atoms with van der Waals surface area (Å²) in [5, 5.41) is 2.90. The standard InChI is InChI=1S/C16H27N3O3S/c1-12-7-8-13(23(21,22)17-4)9-14(12)15(20)18-10-16(2,3)11-19(5)6/h7-9,17H,10-11H2,1-6H3,(H,18,20). The Kier molecular flexibility index (Phi) is 6.33. The smallest absolute Gasteiger partial charge is 0.251 e. The molecular formula is C16H27N3O3S. The van der Waals surface area contributed by atoms with Gasteiger partial charge in [0.2, 0.25) is 10.0 Å². The first-order valence-corrected chi connectivity index (χ1v) is 8.94. The molecular weight excluding hydrogens is 314 g/mol. The molecule has 0 aliphatic heterocycles. The van der Waals surface area contributed by atoms with Gasteiger partial charge in [-0.15, -0.1) is 0 Å². The van der Waals surface area contributed by atoms with Gasteiger partial charge >= 0.3 is 0 Å². The molecule has 1 rings (SSSR count). The molecule has 0 saturated carbocycles. The van der Waals surface area contributed by atoms with E-state index in [4.69, 9.17) is 0 Å². The number of aryl methyl sites for hydroxylation is 1. The molecule has 1 aromatic rings. The Balaban J connectivity index is 2.94. The summed E-state index contributed by atoms with van der Waals surface area (Å²) < 4.78 is 26.0. The van der Waals surface area contributed by atoms with Crippen molar-refractivity contribution < 1.29 is 13.2 Å². The van der Waals surface area contributed by atoms with Gasteiger partial charge < -0.3 is 10.2 Å². The fourth-order valence-corrected chi connectivity index (χ4v) is 3.21. The summed E-state index contributed by atoms with van der Waals surface area (Å²) >= 11 is 0. The van der Waals surface area contributed by atoms with E-state index in [1.165, 1.54) is 19.2 Å². The summed E-state index contributed by atoms with van der Waals surface area (Å²) in [4.78, 5) is 14.6. The third kappa shape index (κ3) is 5.60. The number of benzene rings is 1. The number of carbonyl (C=O) groups is 1. The first kappa shape index (κ1) is 19.6. The minimum absolute atomic E-state index is 0.0816. The van der Waals surface area contributed by atoms with Crippen LogP contribution < -0.4 is 10.0 Å². The predicted molar refractivity (Wildman–Crippen MR) is 92.1 cm³/mol. The highest BCUT2D eigenvalue weighted by Crippen LogP contribution is 2.17. The summed E-state index contributed by atoms with van der Waals surface area (Å²) in [6.45, 7) is 7.27. The molecule has 0 aliphatic rings. The number of hydrogen-bond acceptors (Lipinski definition) is 4. The number of carbonyl (C=O) groups excluding carboxylic acids is 1. The second-order valence-corrected chi connectivity index (χ2v) is 8.66. The van der Waals surface area contributed by atoms with Crippen molar-refractivity contribution in [1.29, 1.82) is 0 Å². The van der Waals surface area contributed by atoms with Crippen molar-refractivity contribution >= 4 is 15.9 Å². The highest BCUT2D eigenvalue weighted by Gasteiger charge is 2.21. The molecule has 1 amide bonds. The minimum Gasteiger partial charge on any atom is -0.351 e. The van der Waals surface area contributed by atoms with Gasteiger partial charge in [-0.25, -0.2) is 13.1 Å². The molecule has 130 valence electrons. The average molecular weight is 341 g/mol. The number of nitrogens with zero attached hydrogens (tertiary/aromatic N) is 1. The fraction of sp³-hybridized carbons (Fsp3) is 0.562. The molecule has 0 spiro atoms. The third-order valence-electron chi connectivity index (χ3n) is 3.50. The van der Waals surface area contributed by atoms with Crippen molar-refractivity contribution in [2.75, 3.05) is 34.2 Å². The molecule has 6 nitrogen and oxygen atoms in total. The van der Waals surface area contributed by atoms with Gasteiger partial charge in [-0.3, -0.25) is 4.79 Å². The second kappa shape index (κ2) is 7.42. The van der Waals surface area contributed by atoms with Crippen LogP contribution in [0.1, 0.15) is 29.8 Å². The Bertz CT molecular complexity index is 667. The van der Waals surface area contributed by atoms with Crippen molar-refractivity contribution in [1.82, 2.24) is 14.9 Å². The Morgan fingerprint density at radius 3 is 2.39 bits per heavy atom. The third-order valence-corrected chi connectivity index (χ3v) is 4.92. The average Bonchev–Trinajstić information content (AvgIpc) is 2.43. The van der Waals surface area contributed by atoms with E-state index in [0.29, 0.717) is 12.1 Å². The summed E-state index contributed by atoms with van der Waals surface area (Å²) in [5.41, 5.74) is 1.03. The van der Waals surface area contributed by atoms with Gasteiger partial charge in [0.25, 0.3) is 5.91 Å². The summed E-state index contributed by atoms with van der Waals surface area (Å²) in [5.74, 6) is -0.262. The van der Waals surface area contributed by atoms with Crippen molar-refractivity contribution in [2.45, 2.75) is 25.7 Å². The molecule has 0 heterocycles. The molecule has 0 saturated heterocycles. The van der Waals surface area contributed by atoms with Crippen LogP contribution in [0.5, 0.6) is 0 Å². The Hall–Kier alpha value is -1.44. The number of rotatable bonds is 7. The molecule has 0 fully saturated rings. The van der Waals surface area contributed by atoms with E-state index in [9.17, 15) is 13.2 Å². The molecule has 2 N–H and O–H groups in total. The molecule has 1 aromatic carbocycles. The van der Waals surface area contributed by atoms with E-state index in [-0.39, 0.29) is 16.2 Å². The summed E-state index contributed by atoms with van der Waals surface area (Å²) in [6.07, 6.45) is 0. The van der Waals surface area contributed by atoms with E-state index >= 15 is 0 Å². The number of sulfonamides is 1. The topological polar surface area (TPSA) is 78.5 Å². The van der Waals surface area contributed by atoms with Gasteiger partial charge in [-0.2, -0.15) is 0 Å². The SMILES string of the molecule is CNS(=O)(=O)c1ccc(C)c(C(=O)NCC(C)(C)CN(C)C)c1. The van der Waals surface area contributed by atoms with Gasteiger partial charge in [-0.05, 0) is 51.2 Å². The Morgan fingerprint density at radius 2 is 1.87 bits per heavy atom. The van der Waals surface area contributed by atoms with E-state index in [1.807, 2.05) is 14.1 Å². The van der Waals surface area contributed by atoms with Crippen LogP contribution in [-0.4, -0.2) is 53.5 Å². The predicted octanol–water partition coefficient (Wildman–Crippen LogP) is 1.22. The van der Waals surface area contributed by atoms with Crippen LogP contribution >= 0.6 is 0 Å². The first-order chi connectivity index (χ1) is 10.5. The molecule has 0 unspecified atom stereocenters. The maximum atomic E-state index is 12.4. The molecule has 0 bridgehead atoms. The van der Waals surface area contributed by atoms with Crippen molar-refractivity contribution in [2.24, 2.45) is 5.41 Å². The molecule has 0 aromatic heterocycles. The van der Waals surface area contributed by atoms with E-state index in [0.717, 1.165) is 12.1 Å². The fourth-order valence-electron chi connectivity index (χ4n) is 2.46. The maximum Gasteiger partial charge on any atom is 0.251 e. The van der Waals surface area contributed by atoms with E-state index in [2.05, 4.69) is 28.8 Å². The van der Waals surface area contributed by atoms with Crippen molar-refractivity contribution in [3.05, 3.63) is 29.3 Å². The largest absolute Gasteiger partial charge is 0.351 e. The van der Waals surface area contributed by atoms with Crippen LogP contribution in [0, 0.1) is 12.3 Å². The van der Waals surface area contributed by atoms with E-state index in [1.54, 1.807) is 13.0 Å². The zero-order chi connectivity index (χ0) is 17.8. The van der Waals surface area contributed by atoms with Crippen LogP contribution in [0.3, 0.4) is 0 Å². The van der Waals surface area contributed by atoms with Gasteiger partial charge in [0.15, 0.2) is 0 Å². The lowest BCUT2D eigenvalue weighted by atomic mass is 9.92. The molecule has 7 heteroatoms. The van der Waals surface area contributed by atoms with Crippen LogP contribution in [0.2, 0.25) is 0 Å². The highest BCUT2D eigenvalue weighted by atomic mass is 32.2. The Labute approximate surface area is 139 Å². The molecule has 0 radical (unpaired) electrons. The lowest BCUT2D eigenvalue weighted by Gasteiger charge is -2.28. The number of nitrogens with one attached hydrogen (secondary N) is 2. The summed E-state index contributed by atoms with van der Waals surface area (Å²) in [7, 11) is 1.75. The van der Waals surface area contributed by atoms with Crippen LogP contribution in [0.4, 0.5) is 0 Å². The van der Waals surface area contributed by atoms with Crippen molar-refractivity contribution in [3.8, 4) is 0 Å². The maximum absolute atomic E-state index is 12.4. The zero-order valence-electron chi connectivity index (χ0n) is 14.7. The van der Waals surface area contributed by atoms with E-state index < -0.39 is 10.0 Å². The highest BCUT2D eigenvalue weighted by molar-refractivity contribution is 7.89. The Morgan fingerprint density at radius 1 is 1.26 bits per heavy atom.